The van der Waals surface area contributed by atoms with Crippen molar-refractivity contribution in [2.75, 3.05) is 0 Å². The minimum Gasteiger partial charge on any atom is -0.508 e. The highest BCUT2D eigenvalue weighted by Gasteiger charge is 2.54. The topological polar surface area (TPSA) is 40.5 Å². The lowest BCUT2D eigenvalue weighted by molar-refractivity contribution is 0.0403. The largest absolute Gasteiger partial charge is 0.508 e. The molecule has 0 aromatic heterocycles. The Hall–Kier alpha value is -1.02. The highest BCUT2D eigenvalue weighted by atomic mass is 16.3. The van der Waals surface area contributed by atoms with Crippen LogP contribution in [0.15, 0.2) is 18.2 Å². The molecule has 0 heterocycles. The van der Waals surface area contributed by atoms with Gasteiger partial charge >= 0.3 is 0 Å². The van der Waals surface area contributed by atoms with E-state index in [0.717, 1.165) is 25.2 Å². The quantitative estimate of drug-likeness (QED) is 0.819. The molecule has 0 saturated heterocycles. The van der Waals surface area contributed by atoms with Gasteiger partial charge in [-0.1, -0.05) is 19.4 Å². The van der Waals surface area contributed by atoms with E-state index >= 15 is 0 Å². The number of hydrogen-bond acceptors (Lipinski definition) is 2. The molecule has 4 rings (SSSR count). The molecular weight excluding hydrogens is 260 g/mol. The molecular formula is C19H26O2. The SMILES string of the molecule is CC[C@]12CC[C@@H]3c4ccc(O)cc4CC[C@H]3[C@@H]1C[C@H](O)C2. The number of fused-ring (bicyclic) bond motifs is 5. The molecule has 0 spiro atoms. The Labute approximate surface area is 127 Å². The fraction of sp³-hybridized carbons (Fsp3) is 0.684. The minimum absolute atomic E-state index is 0.0742. The molecule has 1 aromatic carbocycles. The van der Waals surface area contributed by atoms with Crippen LogP contribution in [0.5, 0.6) is 5.75 Å². The third-order valence-corrected chi connectivity index (χ3v) is 6.92. The molecule has 0 radical (unpaired) electrons. The first-order valence-corrected chi connectivity index (χ1v) is 8.63. The zero-order valence-electron chi connectivity index (χ0n) is 12.9. The van der Waals surface area contributed by atoms with Crippen LogP contribution in [0.1, 0.15) is 62.5 Å². The highest BCUT2D eigenvalue weighted by Crippen LogP contribution is 2.62. The van der Waals surface area contributed by atoms with Crippen molar-refractivity contribution >= 4 is 0 Å². The lowest BCUT2D eigenvalue weighted by Gasteiger charge is -2.50. The highest BCUT2D eigenvalue weighted by molar-refractivity contribution is 5.40. The van der Waals surface area contributed by atoms with Crippen LogP contribution in [0.4, 0.5) is 0 Å². The Morgan fingerprint density at radius 1 is 1.29 bits per heavy atom. The minimum atomic E-state index is -0.0742. The summed E-state index contributed by atoms with van der Waals surface area (Å²) in [7, 11) is 0. The molecule has 2 N–H and O–H groups in total. The Morgan fingerprint density at radius 3 is 2.95 bits per heavy atom. The van der Waals surface area contributed by atoms with Crippen molar-refractivity contribution < 1.29 is 10.2 Å². The number of benzene rings is 1. The van der Waals surface area contributed by atoms with Gasteiger partial charge in [0.2, 0.25) is 0 Å². The molecule has 3 aliphatic carbocycles. The van der Waals surface area contributed by atoms with Gasteiger partial charge in [-0.3, -0.25) is 0 Å². The van der Waals surface area contributed by atoms with Gasteiger partial charge in [0, 0.05) is 0 Å². The van der Waals surface area contributed by atoms with Gasteiger partial charge in [0.05, 0.1) is 6.10 Å². The predicted molar refractivity (Wildman–Crippen MR) is 83.3 cm³/mol. The van der Waals surface area contributed by atoms with Crippen LogP contribution in [0, 0.1) is 17.3 Å². The van der Waals surface area contributed by atoms with E-state index in [1.807, 2.05) is 12.1 Å². The van der Waals surface area contributed by atoms with E-state index < -0.39 is 0 Å². The average molecular weight is 286 g/mol. The van der Waals surface area contributed by atoms with Crippen LogP contribution in [0.2, 0.25) is 0 Å². The maximum atomic E-state index is 10.2. The molecule has 5 atom stereocenters. The second-order valence-electron chi connectivity index (χ2n) is 7.65. The summed E-state index contributed by atoms with van der Waals surface area (Å²) in [4.78, 5) is 0. The van der Waals surface area contributed by atoms with Crippen LogP contribution >= 0.6 is 0 Å². The summed E-state index contributed by atoms with van der Waals surface area (Å²) in [6.07, 6.45) is 8.06. The van der Waals surface area contributed by atoms with E-state index in [2.05, 4.69) is 13.0 Å². The van der Waals surface area contributed by atoms with Gasteiger partial charge in [-0.25, -0.2) is 0 Å². The number of phenolic OH excluding ortho intramolecular Hbond substituents is 1. The van der Waals surface area contributed by atoms with Crippen LogP contribution in [0.25, 0.3) is 0 Å². The number of aromatic hydroxyl groups is 1. The maximum Gasteiger partial charge on any atom is 0.115 e. The average Bonchev–Trinajstić information content (AvgIpc) is 2.83. The van der Waals surface area contributed by atoms with Gasteiger partial charge in [-0.15, -0.1) is 0 Å². The van der Waals surface area contributed by atoms with Crippen LogP contribution in [-0.4, -0.2) is 16.3 Å². The summed E-state index contributed by atoms with van der Waals surface area (Å²) in [6.45, 7) is 2.32. The van der Waals surface area contributed by atoms with E-state index in [4.69, 9.17) is 0 Å². The lowest BCUT2D eigenvalue weighted by atomic mass is 9.54. The number of hydrogen-bond donors (Lipinski definition) is 2. The Balaban J connectivity index is 1.70. The third kappa shape index (κ3) is 1.95. The second kappa shape index (κ2) is 4.74. The van der Waals surface area contributed by atoms with Crippen molar-refractivity contribution in [3.63, 3.8) is 0 Å². The molecule has 21 heavy (non-hydrogen) atoms. The molecule has 2 saturated carbocycles. The predicted octanol–water partition coefficient (Wildman–Crippen LogP) is 4.00. The zero-order valence-corrected chi connectivity index (χ0v) is 12.9. The molecule has 2 fully saturated rings. The summed E-state index contributed by atoms with van der Waals surface area (Å²) in [6, 6.07) is 5.98. The van der Waals surface area contributed by atoms with E-state index in [0.29, 0.717) is 23.0 Å². The fourth-order valence-corrected chi connectivity index (χ4v) is 5.97. The van der Waals surface area contributed by atoms with E-state index in [9.17, 15) is 10.2 Å². The Kier molecular flexibility index (Phi) is 3.08. The summed E-state index contributed by atoms with van der Waals surface area (Å²) < 4.78 is 0. The van der Waals surface area contributed by atoms with E-state index in [-0.39, 0.29) is 6.10 Å². The van der Waals surface area contributed by atoms with Gasteiger partial charge in [0.1, 0.15) is 5.75 Å². The van der Waals surface area contributed by atoms with Gasteiger partial charge < -0.3 is 10.2 Å². The van der Waals surface area contributed by atoms with Crippen LogP contribution in [-0.2, 0) is 6.42 Å². The number of rotatable bonds is 1. The second-order valence-corrected chi connectivity index (χ2v) is 7.65. The zero-order chi connectivity index (χ0) is 14.6. The first-order chi connectivity index (χ1) is 10.1. The van der Waals surface area contributed by atoms with E-state index in [1.165, 1.54) is 36.8 Å². The normalized spacial score (nSPS) is 41.2. The summed E-state index contributed by atoms with van der Waals surface area (Å²) >= 11 is 0. The monoisotopic (exact) mass is 286 g/mol. The molecule has 0 unspecified atom stereocenters. The maximum absolute atomic E-state index is 10.2. The third-order valence-electron chi connectivity index (χ3n) is 6.92. The van der Waals surface area contributed by atoms with Gasteiger partial charge in [0.25, 0.3) is 0 Å². The van der Waals surface area contributed by atoms with Gasteiger partial charge in [-0.2, -0.15) is 0 Å². The van der Waals surface area contributed by atoms with Crippen molar-refractivity contribution in [2.24, 2.45) is 17.3 Å². The van der Waals surface area contributed by atoms with Crippen molar-refractivity contribution in [1.29, 1.82) is 0 Å². The summed E-state index contributed by atoms with van der Waals surface area (Å²) in [5.41, 5.74) is 3.25. The Morgan fingerprint density at radius 2 is 2.14 bits per heavy atom. The molecule has 2 nitrogen and oxygen atoms in total. The van der Waals surface area contributed by atoms with Crippen molar-refractivity contribution in [1.82, 2.24) is 0 Å². The molecule has 0 amide bonds. The fourth-order valence-electron chi connectivity index (χ4n) is 5.97. The smallest absolute Gasteiger partial charge is 0.115 e. The Bertz CT molecular complexity index is 552. The van der Waals surface area contributed by atoms with Crippen molar-refractivity contribution in [3.05, 3.63) is 29.3 Å². The molecule has 3 aliphatic rings. The van der Waals surface area contributed by atoms with E-state index in [1.54, 1.807) is 0 Å². The number of aryl methyl sites for hydroxylation is 1. The first-order valence-electron chi connectivity index (χ1n) is 8.63. The molecule has 0 aliphatic heterocycles. The van der Waals surface area contributed by atoms with Gasteiger partial charge in [0.15, 0.2) is 0 Å². The number of aliphatic hydroxyl groups is 1. The number of aliphatic hydroxyl groups excluding tert-OH is 1. The van der Waals surface area contributed by atoms with Gasteiger partial charge in [-0.05, 0) is 85.0 Å². The lowest BCUT2D eigenvalue weighted by Crippen LogP contribution is -2.40. The van der Waals surface area contributed by atoms with Crippen LogP contribution < -0.4 is 0 Å². The van der Waals surface area contributed by atoms with Crippen LogP contribution in [0.3, 0.4) is 0 Å². The summed E-state index contributed by atoms with van der Waals surface area (Å²) in [5, 5.41) is 20.0. The first kappa shape index (κ1) is 13.6. The van der Waals surface area contributed by atoms with Crippen molar-refractivity contribution in [3.8, 4) is 5.75 Å². The molecule has 2 heteroatoms. The molecule has 1 aromatic rings. The number of phenols is 1. The standard InChI is InChI=1S/C19H26O2/c1-2-19-8-7-16-15-6-4-13(20)9-12(15)3-5-17(16)18(19)10-14(21)11-19/h4,6,9,14,16-18,20-21H,2-3,5,7-8,10-11H2,1H3/t14-,16+,17+,18-,19+/m0/s1. The molecule has 0 bridgehead atoms. The van der Waals surface area contributed by atoms with Crippen molar-refractivity contribution in [2.45, 2.75) is 63.9 Å². The summed E-state index contributed by atoms with van der Waals surface area (Å²) in [5.74, 6) is 2.51. The molecule has 114 valence electrons.